The van der Waals surface area contributed by atoms with E-state index in [1.54, 1.807) is 0 Å². The zero-order chi connectivity index (χ0) is 5.98. The highest BCUT2D eigenvalue weighted by atomic mass is 15.0. The molecule has 0 aromatic rings. The van der Waals surface area contributed by atoms with Gasteiger partial charge in [0.25, 0.3) is 0 Å². The summed E-state index contributed by atoms with van der Waals surface area (Å²) in [5.41, 5.74) is 10.7. The molecule has 1 aliphatic rings. The molecule has 0 spiro atoms. The summed E-state index contributed by atoms with van der Waals surface area (Å²) in [6.45, 7) is 0. The Labute approximate surface area is 48.1 Å². The molecule has 0 fully saturated rings. The van der Waals surface area contributed by atoms with Gasteiger partial charge in [-0.15, -0.1) is 0 Å². The fraction of sp³-hybridized carbons (Fsp3) is 0.400. The Morgan fingerprint density at radius 1 is 1.50 bits per heavy atom. The van der Waals surface area contributed by atoms with Crippen LogP contribution in [0.15, 0.2) is 16.9 Å². The van der Waals surface area contributed by atoms with Gasteiger partial charge < -0.3 is 11.5 Å². The van der Waals surface area contributed by atoms with Gasteiger partial charge in [0.2, 0.25) is 0 Å². The third-order valence-electron chi connectivity index (χ3n) is 1.03. The number of hydrogen-bond donors (Lipinski definition) is 2. The highest BCUT2D eigenvalue weighted by Crippen LogP contribution is 2.02. The minimum absolute atomic E-state index is 0.550. The van der Waals surface area contributed by atoms with E-state index < -0.39 is 0 Å². The molecule has 0 saturated carbocycles. The zero-order valence-electron chi connectivity index (χ0n) is 4.59. The van der Waals surface area contributed by atoms with Gasteiger partial charge in [-0.05, 0) is 12.5 Å². The first-order chi connectivity index (χ1) is 3.79. The van der Waals surface area contributed by atoms with E-state index in [1.807, 2.05) is 6.08 Å². The zero-order valence-corrected chi connectivity index (χ0v) is 4.59. The molecule has 0 aromatic heterocycles. The molecule has 0 atom stereocenters. The number of hydrogen-bond acceptors (Lipinski definition) is 3. The molecule has 0 aliphatic carbocycles. The van der Waals surface area contributed by atoms with Crippen molar-refractivity contribution in [3.63, 3.8) is 0 Å². The number of allylic oxidation sites excluding steroid dienone is 1. The monoisotopic (exact) mass is 111 g/mol. The van der Waals surface area contributed by atoms with Gasteiger partial charge in [-0.25, -0.2) is 4.99 Å². The first-order valence-corrected chi connectivity index (χ1v) is 2.58. The smallest absolute Gasteiger partial charge is 0.121 e. The van der Waals surface area contributed by atoms with Gasteiger partial charge >= 0.3 is 0 Å². The lowest BCUT2D eigenvalue weighted by Crippen LogP contribution is -2.15. The van der Waals surface area contributed by atoms with Crippen molar-refractivity contribution in [2.45, 2.75) is 12.8 Å². The summed E-state index contributed by atoms with van der Waals surface area (Å²) in [5.74, 6) is 1.19. The third kappa shape index (κ3) is 0.992. The highest BCUT2D eigenvalue weighted by Gasteiger charge is 1.97. The van der Waals surface area contributed by atoms with E-state index in [4.69, 9.17) is 11.5 Å². The molecule has 0 aromatic carbocycles. The molecule has 1 heterocycles. The van der Waals surface area contributed by atoms with E-state index in [1.165, 1.54) is 0 Å². The molecule has 0 unspecified atom stereocenters. The van der Waals surface area contributed by atoms with Gasteiger partial charge in [-0.2, -0.15) is 0 Å². The minimum Gasteiger partial charge on any atom is -0.387 e. The minimum atomic E-state index is 0.550. The molecule has 8 heavy (non-hydrogen) atoms. The highest BCUT2D eigenvalue weighted by molar-refractivity contribution is 5.82. The van der Waals surface area contributed by atoms with Crippen molar-refractivity contribution >= 4 is 5.84 Å². The number of nitrogens with zero attached hydrogens (tertiary/aromatic N) is 1. The van der Waals surface area contributed by atoms with Gasteiger partial charge in [-0.3, -0.25) is 0 Å². The van der Waals surface area contributed by atoms with E-state index >= 15 is 0 Å². The summed E-state index contributed by atoms with van der Waals surface area (Å²) in [5, 5.41) is 0. The lowest BCUT2D eigenvalue weighted by Gasteiger charge is -2.03. The van der Waals surface area contributed by atoms with Crippen LogP contribution in [-0.2, 0) is 0 Å². The first-order valence-electron chi connectivity index (χ1n) is 2.58. The van der Waals surface area contributed by atoms with E-state index in [-0.39, 0.29) is 0 Å². The molecule has 0 saturated heterocycles. The number of aliphatic imine (C=N–C) groups is 1. The van der Waals surface area contributed by atoms with Gasteiger partial charge in [0.1, 0.15) is 11.7 Å². The maximum Gasteiger partial charge on any atom is 0.121 e. The van der Waals surface area contributed by atoms with Crippen LogP contribution in [0.1, 0.15) is 12.8 Å². The molecule has 0 amide bonds. The van der Waals surface area contributed by atoms with Crippen molar-refractivity contribution in [2.24, 2.45) is 16.5 Å². The van der Waals surface area contributed by atoms with E-state index in [2.05, 4.69) is 4.99 Å². The second kappa shape index (κ2) is 1.86. The molecule has 0 bridgehead atoms. The van der Waals surface area contributed by atoms with Crippen LogP contribution in [0.25, 0.3) is 0 Å². The summed E-state index contributed by atoms with van der Waals surface area (Å²) < 4.78 is 0. The van der Waals surface area contributed by atoms with Crippen LogP contribution in [0.5, 0.6) is 0 Å². The Kier molecular flexibility index (Phi) is 1.20. The van der Waals surface area contributed by atoms with E-state index in [0.717, 1.165) is 12.8 Å². The van der Waals surface area contributed by atoms with Crippen molar-refractivity contribution in [1.29, 1.82) is 0 Å². The summed E-state index contributed by atoms with van der Waals surface area (Å²) >= 11 is 0. The van der Waals surface area contributed by atoms with Crippen LogP contribution >= 0.6 is 0 Å². The molecule has 3 nitrogen and oxygen atoms in total. The maximum atomic E-state index is 5.35. The van der Waals surface area contributed by atoms with Crippen LogP contribution in [0.4, 0.5) is 0 Å². The van der Waals surface area contributed by atoms with Crippen LogP contribution in [0.3, 0.4) is 0 Å². The van der Waals surface area contributed by atoms with Crippen molar-refractivity contribution < 1.29 is 0 Å². The average Bonchev–Trinajstić information content (AvgIpc) is 1.64. The van der Waals surface area contributed by atoms with E-state index in [9.17, 15) is 0 Å². The van der Waals surface area contributed by atoms with E-state index in [0.29, 0.717) is 11.7 Å². The Morgan fingerprint density at radius 2 is 2.25 bits per heavy atom. The van der Waals surface area contributed by atoms with Crippen molar-refractivity contribution in [3.8, 4) is 0 Å². The van der Waals surface area contributed by atoms with Crippen LogP contribution < -0.4 is 11.5 Å². The van der Waals surface area contributed by atoms with Crippen LogP contribution in [0, 0.1) is 0 Å². The van der Waals surface area contributed by atoms with Crippen LogP contribution in [0.2, 0.25) is 0 Å². The first kappa shape index (κ1) is 5.15. The fourth-order valence-corrected chi connectivity index (χ4v) is 0.635. The molecular weight excluding hydrogens is 102 g/mol. The normalized spacial score (nSPS) is 19.5. The van der Waals surface area contributed by atoms with Gasteiger partial charge in [0.15, 0.2) is 0 Å². The van der Waals surface area contributed by atoms with Gasteiger partial charge in [0.05, 0.1) is 0 Å². The third-order valence-corrected chi connectivity index (χ3v) is 1.03. The Morgan fingerprint density at radius 3 is 2.62 bits per heavy atom. The summed E-state index contributed by atoms with van der Waals surface area (Å²) in [7, 11) is 0. The average molecular weight is 111 g/mol. The molecule has 0 radical (unpaired) electrons. The standard InChI is InChI=1S/C5H9N3/c6-4-2-1-3-5(7)8-4/h2H,1,3,6H2,(H2,7,8). The maximum absolute atomic E-state index is 5.35. The number of rotatable bonds is 0. The molecule has 1 aliphatic heterocycles. The SMILES string of the molecule is NC1=CCCC(N)=N1. The molecule has 4 N–H and O–H groups in total. The molecule has 1 rings (SSSR count). The summed E-state index contributed by atoms with van der Waals surface area (Å²) in [6.07, 6.45) is 3.65. The van der Waals surface area contributed by atoms with Gasteiger partial charge in [0, 0.05) is 6.42 Å². The van der Waals surface area contributed by atoms with Crippen LogP contribution in [-0.4, -0.2) is 5.84 Å². The molecular formula is C5H9N3. The summed E-state index contributed by atoms with van der Waals surface area (Å²) in [4.78, 5) is 3.82. The predicted molar refractivity (Wildman–Crippen MR) is 33.1 cm³/mol. The quantitative estimate of drug-likeness (QED) is 0.460. The Bertz CT molecular complexity index is 146. The summed E-state index contributed by atoms with van der Waals surface area (Å²) in [6, 6.07) is 0. The molecule has 3 heteroatoms. The van der Waals surface area contributed by atoms with Gasteiger partial charge in [-0.1, -0.05) is 0 Å². The Balaban J connectivity index is 2.69. The number of amidine groups is 1. The second-order valence-corrected chi connectivity index (χ2v) is 1.77. The fourth-order valence-electron chi connectivity index (χ4n) is 0.635. The largest absolute Gasteiger partial charge is 0.387 e. The van der Waals surface area contributed by atoms with Crippen molar-refractivity contribution in [1.82, 2.24) is 0 Å². The lowest BCUT2D eigenvalue weighted by molar-refractivity contribution is 0.994. The topological polar surface area (TPSA) is 64.4 Å². The van der Waals surface area contributed by atoms with Crippen molar-refractivity contribution in [2.75, 3.05) is 0 Å². The molecule has 44 valence electrons. The Hall–Kier alpha value is -0.990. The van der Waals surface area contributed by atoms with Crippen molar-refractivity contribution in [3.05, 3.63) is 11.9 Å². The predicted octanol–water partition coefficient (Wildman–Crippen LogP) is -0.0625. The number of nitrogens with two attached hydrogens (primary N) is 2. The lowest BCUT2D eigenvalue weighted by atomic mass is 10.2. The second-order valence-electron chi connectivity index (χ2n) is 1.77.